The van der Waals surface area contributed by atoms with Crippen LogP contribution < -0.4 is 0 Å². The second-order valence-corrected chi connectivity index (χ2v) is 2.23. The van der Waals surface area contributed by atoms with Crippen molar-refractivity contribution < 1.29 is 9.53 Å². The molecule has 0 saturated heterocycles. The molecule has 0 unspecified atom stereocenters. The molecule has 0 amide bonds. The molecule has 11 heavy (non-hydrogen) atoms. The summed E-state index contributed by atoms with van der Waals surface area (Å²) in [6.07, 6.45) is 8.12. The Kier molecular flexibility index (Phi) is 2.66. The highest BCUT2D eigenvalue weighted by Gasteiger charge is 2.00. The number of hydrogen-bond acceptors (Lipinski definition) is 2. The summed E-state index contributed by atoms with van der Waals surface area (Å²) >= 11 is 0. The van der Waals surface area contributed by atoms with Crippen LogP contribution in [-0.4, -0.2) is 12.6 Å². The van der Waals surface area contributed by atoms with E-state index in [-0.39, 0.29) is 5.97 Å². The molecule has 0 aliphatic heterocycles. The van der Waals surface area contributed by atoms with Crippen LogP contribution in [0.4, 0.5) is 0 Å². The van der Waals surface area contributed by atoms with Gasteiger partial charge in [-0.3, -0.25) is 0 Å². The molecule has 0 fully saturated rings. The van der Waals surface area contributed by atoms with Crippen LogP contribution in [0.3, 0.4) is 0 Å². The fourth-order valence-electron chi connectivity index (χ4n) is 0.827. The molecular formula is C9H10O2. The number of ether oxygens (including phenoxy) is 1. The third-order valence-corrected chi connectivity index (χ3v) is 1.40. The van der Waals surface area contributed by atoms with Gasteiger partial charge in [-0.1, -0.05) is 24.8 Å². The number of allylic oxidation sites excluding steroid dienone is 2. The molecule has 0 N–H and O–H groups in total. The zero-order valence-electron chi connectivity index (χ0n) is 6.25. The molecule has 58 valence electrons. The lowest BCUT2D eigenvalue weighted by Gasteiger charge is -1.99. The van der Waals surface area contributed by atoms with Crippen molar-refractivity contribution in [2.75, 3.05) is 6.61 Å². The van der Waals surface area contributed by atoms with Crippen molar-refractivity contribution in [3.05, 3.63) is 36.5 Å². The van der Waals surface area contributed by atoms with E-state index < -0.39 is 0 Å². The minimum atomic E-state index is -0.369. The predicted octanol–water partition coefficient (Wildman–Crippen LogP) is 1.60. The summed E-state index contributed by atoms with van der Waals surface area (Å²) in [6.45, 7) is 3.66. The van der Waals surface area contributed by atoms with Gasteiger partial charge in [0.25, 0.3) is 0 Å². The van der Waals surface area contributed by atoms with Crippen molar-refractivity contribution in [1.82, 2.24) is 0 Å². The van der Waals surface area contributed by atoms with Gasteiger partial charge in [0.2, 0.25) is 0 Å². The smallest absolute Gasteiger partial charge is 0.330 e. The third-order valence-electron chi connectivity index (χ3n) is 1.40. The summed E-state index contributed by atoms with van der Waals surface area (Å²) in [5, 5.41) is 0. The van der Waals surface area contributed by atoms with Crippen molar-refractivity contribution in [3.63, 3.8) is 0 Å². The van der Waals surface area contributed by atoms with Gasteiger partial charge in [-0.05, 0) is 12.0 Å². The Morgan fingerprint density at radius 3 is 3.18 bits per heavy atom. The van der Waals surface area contributed by atoms with Crippen LogP contribution in [0.1, 0.15) is 6.42 Å². The third kappa shape index (κ3) is 2.42. The van der Waals surface area contributed by atoms with Gasteiger partial charge in [0.05, 0.1) is 0 Å². The van der Waals surface area contributed by atoms with Crippen LogP contribution in [0.25, 0.3) is 0 Å². The van der Waals surface area contributed by atoms with Gasteiger partial charge in [-0.25, -0.2) is 4.79 Å². The van der Waals surface area contributed by atoms with Crippen molar-refractivity contribution in [3.8, 4) is 0 Å². The van der Waals surface area contributed by atoms with Gasteiger partial charge >= 0.3 is 5.97 Å². The molecule has 2 heteroatoms. The van der Waals surface area contributed by atoms with E-state index in [4.69, 9.17) is 4.74 Å². The fourth-order valence-corrected chi connectivity index (χ4v) is 0.827. The Hall–Kier alpha value is -1.31. The molecule has 1 rings (SSSR count). The topological polar surface area (TPSA) is 26.3 Å². The summed E-state index contributed by atoms with van der Waals surface area (Å²) in [7, 11) is 0. The number of esters is 1. The number of carbonyl (C=O) groups excluding carboxylic acids is 1. The maximum atomic E-state index is 10.6. The van der Waals surface area contributed by atoms with E-state index in [9.17, 15) is 4.79 Å². The Morgan fingerprint density at radius 1 is 1.82 bits per heavy atom. The number of hydrogen-bond donors (Lipinski definition) is 0. The Labute approximate surface area is 65.9 Å². The van der Waals surface area contributed by atoms with Gasteiger partial charge in [0, 0.05) is 6.08 Å². The molecule has 0 heterocycles. The fraction of sp³-hybridized carbons (Fsp3) is 0.222. The second-order valence-electron chi connectivity index (χ2n) is 2.23. The lowest BCUT2D eigenvalue weighted by Crippen LogP contribution is -2.02. The monoisotopic (exact) mass is 150 g/mol. The highest BCUT2D eigenvalue weighted by Crippen LogP contribution is 2.08. The molecule has 0 radical (unpaired) electrons. The van der Waals surface area contributed by atoms with E-state index >= 15 is 0 Å². The van der Waals surface area contributed by atoms with Gasteiger partial charge in [-0.2, -0.15) is 0 Å². The quantitative estimate of drug-likeness (QED) is 0.451. The molecular weight excluding hydrogens is 140 g/mol. The standard InChI is InChI=1S/C9H10O2/c1-2-9(10)11-7-8-5-3-4-6-8/h2-3,5-6H,1,4,7H2. The zero-order chi connectivity index (χ0) is 8.10. The average Bonchev–Trinajstić information content (AvgIpc) is 2.52. The highest BCUT2D eigenvalue weighted by molar-refractivity contribution is 5.81. The average molecular weight is 150 g/mol. The predicted molar refractivity (Wildman–Crippen MR) is 43.0 cm³/mol. The van der Waals surface area contributed by atoms with Gasteiger partial charge in [0.1, 0.15) is 6.61 Å². The van der Waals surface area contributed by atoms with E-state index in [1.54, 1.807) is 0 Å². The minimum absolute atomic E-state index is 0.362. The Morgan fingerprint density at radius 2 is 2.64 bits per heavy atom. The van der Waals surface area contributed by atoms with E-state index in [2.05, 4.69) is 6.58 Å². The van der Waals surface area contributed by atoms with E-state index in [1.165, 1.54) is 6.08 Å². The Bertz CT molecular complexity index is 224. The molecule has 0 atom stereocenters. The normalized spacial score (nSPS) is 14.4. The van der Waals surface area contributed by atoms with Gasteiger partial charge in [-0.15, -0.1) is 0 Å². The SMILES string of the molecule is C=CC(=O)OCC1=CCC=C1. The van der Waals surface area contributed by atoms with Gasteiger partial charge in [0.15, 0.2) is 0 Å². The van der Waals surface area contributed by atoms with Crippen molar-refractivity contribution in [2.24, 2.45) is 0 Å². The van der Waals surface area contributed by atoms with Crippen molar-refractivity contribution in [2.45, 2.75) is 6.42 Å². The van der Waals surface area contributed by atoms with Crippen LogP contribution >= 0.6 is 0 Å². The number of carbonyl (C=O) groups is 1. The molecule has 0 spiro atoms. The molecule has 2 nitrogen and oxygen atoms in total. The molecule has 0 saturated carbocycles. The summed E-state index contributed by atoms with van der Waals surface area (Å²) in [4.78, 5) is 10.6. The minimum Gasteiger partial charge on any atom is -0.458 e. The van der Waals surface area contributed by atoms with E-state index in [1.807, 2.05) is 18.2 Å². The lowest BCUT2D eigenvalue weighted by molar-refractivity contribution is -0.136. The first kappa shape index (κ1) is 7.79. The maximum Gasteiger partial charge on any atom is 0.330 e. The zero-order valence-corrected chi connectivity index (χ0v) is 6.25. The first-order valence-electron chi connectivity index (χ1n) is 3.47. The summed E-state index contributed by atoms with van der Waals surface area (Å²) < 4.78 is 4.80. The van der Waals surface area contributed by atoms with Gasteiger partial charge < -0.3 is 4.74 Å². The maximum absolute atomic E-state index is 10.6. The van der Waals surface area contributed by atoms with E-state index in [0.717, 1.165) is 12.0 Å². The summed E-state index contributed by atoms with van der Waals surface area (Å²) in [5.74, 6) is -0.369. The second kappa shape index (κ2) is 3.76. The van der Waals surface area contributed by atoms with Crippen molar-refractivity contribution in [1.29, 1.82) is 0 Å². The largest absolute Gasteiger partial charge is 0.458 e. The molecule has 0 bridgehead atoms. The van der Waals surface area contributed by atoms with Crippen LogP contribution in [0.2, 0.25) is 0 Å². The molecule has 1 aliphatic carbocycles. The first-order valence-corrected chi connectivity index (χ1v) is 3.47. The molecule has 0 aromatic heterocycles. The Balaban J connectivity index is 2.27. The van der Waals surface area contributed by atoms with Crippen LogP contribution in [0.15, 0.2) is 36.5 Å². The van der Waals surface area contributed by atoms with Crippen LogP contribution in [0.5, 0.6) is 0 Å². The van der Waals surface area contributed by atoms with E-state index in [0.29, 0.717) is 6.61 Å². The van der Waals surface area contributed by atoms with Crippen LogP contribution in [-0.2, 0) is 9.53 Å². The molecule has 1 aliphatic rings. The lowest BCUT2D eigenvalue weighted by atomic mass is 10.3. The summed E-state index contributed by atoms with van der Waals surface area (Å²) in [5.41, 5.74) is 1.06. The van der Waals surface area contributed by atoms with Crippen molar-refractivity contribution >= 4 is 5.97 Å². The molecule has 0 aromatic carbocycles. The highest BCUT2D eigenvalue weighted by atomic mass is 16.5. The van der Waals surface area contributed by atoms with Crippen LogP contribution in [0, 0.1) is 0 Å². The number of rotatable bonds is 3. The molecule has 0 aromatic rings. The summed E-state index contributed by atoms with van der Waals surface area (Å²) in [6, 6.07) is 0. The first-order chi connectivity index (χ1) is 5.33.